The molecule has 0 saturated carbocycles. The quantitative estimate of drug-likeness (QED) is 0.805. The average molecular weight is 377 g/mol. The van der Waals surface area contributed by atoms with Gasteiger partial charge in [0.1, 0.15) is 5.15 Å². The number of thiophene rings is 1. The lowest BCUT2D eigenvalue weighted by Gasteiger charge is -2.17. The number of aryl methyl sites for hydroxylation is 2. The van der Waals surface area contributed by atoms with Crippen LogP contribution in [-0.2, 0) is 13.5 Å². The van der Waals surface area contributed by atoms with Crippen LogP contribution in [0.15, 0.2) is 15.9 Å². The number of nitrogens with zero attached hydrogens (tertiary/aromatic N) is 2. The predicted octanol–water partition coefficient (Wildman–Crippen LogP) is 4.49. The Balaban J connectivity index is 2.23. The maximum absolute atomic E-state index is 6.35. The standard InChI is InChI=1S/C14H19BrClN3S/c1-4-7-17-11(12-5-6-13(15)20-12)8-10-9(2)18-19(3)14(10)16/h5-6,11,17H,4,7-8H2,1-3H3. The van der Waals surface area contributed by atoms with Crippen LogP contribution in [0.2, 0.25) is 5.15 Å². The summed E-state index contributed by atoms with van der Waals surface area (Å²) < 4.78 is 2.90. The highest BCUT2D eigenvalue weighted by atomic mass is 79.9. The Morgan fingerprint density at radius 1 is 1.50 bits per heavy atom. The molecular formula is C14H19BrClN3S. The largest absolute Gasteiger partial charge is 0.309 e. The van der Waals surface area contributed by atoms with E-state index in [2.05, 4.69) is 45.4 Å². The zero-order valence-electron chi connectivity index (χ0n) is 11.9. The number of aromatic nitrogens is 2. The van der Waals surface area contributed by atoms with E-state index in [0.29, 0.717) is 0 Å². The molecule has 0 radical (unpaired) electrons. The Bertz CT molecular complexity index is 579. The molecule has 0 fully saturated rings. The van der Waals surface area contributed by atoms with Gasteiger partial charge in [-0.25, -0.2) is 0 Å². The maximum atomic E-state index is 6.35. The first-order chi connectivity index (χ1) is 9.52. The zero-order valence-corrected chi connectivity index (χ0v) is 15.1. The third kappa shape index (κ3) is 3.64. The van der Waals surface area contributed by atoms with Gasteiger partial charge in [-0.2, -0.15) is 5.10 Å². The van der Waals surface area contributed by atoms with E-state index in [1.807, 2.05) is 14.0 Å². The number of hydrogen-bond acceptors (Lipinski definition) is 3. The fraction of sp³-hybridized carbons (Fsp3) is 0.500. The lowest BCUT2D eigenvalue weighted by molar-refractivity contribution is 0.535. The molecule has 2 heterocycles. The Morgan fingerprint density at radius 3 is 2.75 bits per heavy atom. The van der Waals surface area contributed by atoms with Gasteiger partial charge in [-0.05, 0) is 54.4 Å². The van der Waals surface area contributed by atoms with Crippen LogP contribution in [0.25, 0.3) is 0 Å². The molecule has 0 saturated heterocycles. The fourth-order valence-electron chi connectivity index (χ4n) is 2.22. The van der Waals surface area contributed by atoms with E-state index in [1.165, 1.54) is 4.88 Å². The molecule has 0 spiro atoms. The van der Waals surface area contributed by atoms with Gasteiger partial charge in [0.25, 0.3) is 0 Å². The SMILES string of the molecule is CCCNC(Cc1c(C)nn(C)c1Cl)c1ccc(Br)s1. The molecule has 0 aliphatic rings. The van der Waals surface area contributed by atoms with E-state index in [-0.39, 0.29) is 6.04 Å². The first-order valence-electron chi connectivity index (χ1n) is 6.69. The van der Waals surface area contributed by atoms with Crippen molar-refractivity contribution >= 4 is 38.9 Å². The van der Waals surface area contributed by atoms with Crippen molar-refractivity contribution in [2.75, 3.05) is 6.54 Å². The third-order valence-corrected chi connectivity index (χ3v) is 5.47. The first-order valence-corrected chi connectivity index (χ1v) is 8.68. The minimum atomic E-state index is 0.284. The second-order valence-electron chi connectivity index (χ2n) is 4.83. The summed E-state index contributed by atoms with van der Waals surface area (Å²) in [4.78, 5) is 1.32. The van der Waals surface area contributed by atoms with E-state index < -0.39 is 0 Å². The van der Waals surface area contributed by atoms with E-state index in [0.717, 1.165) is 39.6 Å². The van der Waals surface area contributed by atoms with Gasteiger partial charge >= 0.3 is 0 Å². The van der Waals surface area contributed by atoms with Crippen molar-refractivity contribution in [1.82, 2.24) is 15.1 Å². The summed E-state index contributed by atoms with van der Waals surface area (Å²) in [5, 5.41) is 8.74. The average Bonchev–Trinajstić information content (AvgIpc) is 2.93. The van der Waals surface area contributed by atoms with Crippen molar-refractivity contribution in [3.8, 4) is 0 Å². The Hall–Kier alpha value is -0.360. The second kappa shape index (κ2) is 7.07. The minimum Gasteiger partial charge on any atom is -0.309 e. The molecule has 1 unspecified atom stereocenters. The molecule has 6 heteroatoms. The van der Waals surface area contributed by atoms with E-state index >= 15 is 0 Å². The van der Waals surface area contributed by atoms with Crippen molar-refractivity contribution in [1.29, 1.82) is 0 Å². The molecule has 2 aromatic rings. The molecule has 3 nitrogen and oxygen atoms in total. The van der Waals surface area contributed by atoms with Crippen LogP contribution < -0.4 is 5.32 Å². The summed E-state index contributed by atoms with van der Waals surface area (Å²) in [5.74, 6) is 0. The first kappa shape index (κ1) is 16.0. The van der Waals surface area contributed by atoms with Gasteiger partial charge in [-0.1, -0.05) is 18.5 Å². The molecule has 110 valence electrons. The lowest BCUT2D eigenvalue weighted by Crippen LogP contribution is -2.23. The molecule has 2 rings (SSSR count). The summed E-state index contributed by atoms with van der Waals surface area (Å²) in [6.45, 7) is 5.19. The molecule has 0 amide bonds. The maximum Gasteiger partial charge on any atom is 0.130 e. The zero-order chi connectivity index (χ0) is 14.7. The van der Waals surface area contributed by atoms with Crippen LogP contribution >= 0.6 is 38.9 Å². The Morgan fingerprint density at radius 2 is 2.25 bits per heavy atom. The second-order valence-corrected chi connectivity index (χ2v) is 7.68. The molecule has 0 aliphatic carbocycles. The van der Waals surface area contributed by atoms with Crippen LogP contribution in [0, 0.1) is 6.92 Å². The topological polar surface area (TPSA) is 29.9 Å². The number of rotatable bonds is 6. The molecule has 0 bridgehead atoms. The predicted molar refractivity (Wildman–Crippen MR) is 89.7 cm³/mol. The van der Waals surface area contributed by atoms with E-state index in [1.54, 1.807) is 16.0 Å². The molecule has 1 atom stereocenters. The minimum absolute atomic E-state index is 0.284. The highest BCUT2D eigenvalue weighted by Crippen LogP contribution is 2.31. The summed E-state index contributed by atoms with van der Waals surface area (Å²) >= 11 is 11.7. The molecule has 0 aromatic carbocycles. The normalized spacial score (nSPS) is 12.8. The Kier molecular flexibility index (Phi) is 5.66. The van der Waals surface area contributed by atoms with Gasteiger partial charge in [0.05, 0.1) is 9.48 Å². The Labute approximate surface area is 137 Å². The van der Waals surface area contributed by atoms with Crippen molar-refractivity contribution in [2.45, 2.75) is 32.7 Å². The number of hydrogen-bond donors (Lipinski definition) is 1. The third-order valence-electron chi connectivity index (χ3n) is 3.26. The summed E-state index contributed by atoms with van der Waals surface area (Å²) in [6.07, 6.45) is 1.98. The molecular weight excluding hydrogens is 358 g/mol. The van der Waals surface area contributed by atoms with Crippen molar-refractivity contribution in [3.63, 3.8) is 0 Å². The van der Waals surface area contributed by atoms with Gasteiger partial charge in [0.15, 0.2) is 0 Å². The highest BCUT2D eigenvalue weighted by Gasteiger charge is 2.19. The van der Waals surface area contributed by atoms with Gasteiger partial charge < -0.3 is 5.32 Å². The summed E-state index contributed by atoms with van der Waals surface area (Å²) in [7, 11) is 1.88. The van der Waals surface area contributed by atoms with E-state index in [4.69, 9.17) is 11.6 Å². The molecule has 1 N–H and O–H groups in total. The monoisotopic (exact) mass is 375 g/mol. The van der Waals surface area contributed by atoms with Gasteiger partial charge in [0.2, 0.25) is 0 Å². The van der Waals surface area contributed by atoms with Gasteiger partial charge in [0, 0.05) is 23.5 Å². The van der Waals surface area contributed by atoms with Crippen LogP contribution in [0.5, 0.6) is 0 Å². The van der Waals surface area contributed by atoms with Crippen LogP contribution in [0.3, 0.4) is 0 Å². The molecule has 0 aliphatic heterocycles. The van der Waals surface area contributed by atoms with Crippen molar-refractivity contribution in [3.05, 3.63) is 37.2 Å². The van der Waals surface area contributed by atoms with E-state index in [9.17, 15) is 0 Å². The molecule has 20 heavy (non-hydrogen) atoms. The summed E-state index contributed by atoms with van der Waals surface area (Å²) in [5.41, 5.74) is 2.14. The van der Waals surface area contributed by atoms with Crippen LogP contribution in [0.4, 0.5) is 0 Å². The van der Waals surface area contributed by atoms with Gasteiger partial charge in [-0.15, -0.1) is 11.3 Å². The fourth-order valence-corrected chi connectivity index (χ4v) is 3.97. The van der Waals surface area contributed by atoms with Gasteiger partial charge in [-0.3, -0.25) is 4.68 Å². The van der Waals surface area contributed by atoms with Crippen molar-refractivity contribution in [2.24, 2.45) is 7.05 Å². The number of halogens is 2. The highest BCUT2D eigenvalue weighted by molar-refractivity contribution is 9.11. The smallest absolute Gasteiger partial charge is 0.130 e. The number of nitrogens with one attached hydrogen (secondary N) is 1. The molecule has 2 aromatic heterocycles. The lowest BCUT2D eigenvalue weighted by atomic mass is 10.1. The summed E-state index contributed by atoms with van der Waals surface area (Å²) in [6, 6.07) is 4.55. The van der Waals surface area contributed by atoms with Crippen molar-refractivity contribution < 1.29 is 0 Å². The van der Waals surface area contributed by atoms with Crippen LogP contribution in [-0.4, -0.2) is 16.3 Å². The van der Waals surface area contributed by atoms with Crippen LogP contribution in [0.1, 0.15) is 35.5 Å².